The molecule has 4 rings (SSSR count). The van der Waals surface area contributed by atoms with Crippen molar-refractivity contribution in [3.05, 3.63) is 29.0 Å². The Hall–Kier alpha value is -1.70. The van der Waals surface area contributed by atoms with Crippen LogP contribution in [0.3, 0.4) is 0 Å². The summed E-state index contributed by atoms with van der Waals surface area (Å²) in [6.45, 7) is 0.712. The third kappa shape index (κ3) is 2.87. The molecule has 0 aliphatic carbocycles. The maximum absolute atomic E-state index is 9.94. The highest BCUT2D eigenvalue weighted by molar-refractivity contribution is 7.71. The Bertz CT molecular complexity index is 756. The van der Waals surface area contributed by atoms with E-state index >= 15 is 0 Å². The predicted molar refractivity (Wildman–Crippen MR) is 93.3 cm³/mol. The molecule has 2 saturated heterocycles. The zero-order valence-corrected chi connectivity index (χ0v) is 14.5. The van der Waals surface area contributed by atoms with Crippen LogP contribution in [0.2, 0.25) is 0 Å². The van der Waals surface area contributed by atoms with Crippen molar-refractivity contribution in [3.63, 3.8) is 0 Å². The van der Waals surface area contributed by atoms with E-state index in [1.54, 1.807) is 7.11 Å². The third-order valence-electron chi connectivity index (χ3n) is 5.21. The number of methoxy groups -OCH3 is 1. The smallest absolute Gasteiger partial charge is 0.217 e. The van der Waals surface area contributed by atoms with Gasteiger partial charge in [0.05, 0.1) is 19.9 Å². The number of aliphatic hydroxyl groups excluding tert-OH is 1. The molecule has 0 amide bonds. The van der Waals surface area contributed by atoms with Crippen molar-refractivity contribution in [2.24, 2.45) is 0 Å². The minimum atomic E-state index is -0.150. The molecular formula is C17H22N4O2S. The molecule has 0 spiro atoms. The summed E-state index contributed by atoms with van der Waals surface area (Å²) >= 11 is 5.43. The molecule has 2 aromatic rings. The molecule has 2 atom stereocenters. The van der Waals surface area contributed by atoms with Crippen LogP contribution in [-0.2, 0) is 6.67 Å². The van der Waals surface area contributed by atoms with Crippen molar-refractivity contribution in [1.29, 1.82) is 0 Å². The summed E-state index contributed by atoms with van der Waals surface area (Å²) in [5, 5.41) is 13.3. The quantitative estimate of drug-likeness (QED) is 0.833. The molecule has 128 valence electrons. The highest BCUT2D eigenvalue weighted by Gasteiger charge is 2.40. The number of aliphatic hydroxyl groups is 1. The van der Waals surface area contributed by atoms with Crippen LogP contribution < -0.4 is 4.74 Å². The van der Waals surface area contributed by atoms with Crippen molar-refractivity contribution < 1.29 is 9.84 Å². The van der Waals surface area contributed by atoms with Crippen LogP contribution in [0.25, 0.3) is 11.4 Å². The molecule has 24 heavy (non-hydrogen) atoms. The number of aromatic amines is 1. The third-order valence-corrected chi connectivity index (χ3v) is 5.52. The summed E-state index contributed by atoms with van der Waals surface area (Å²) in [6, 6.07) is 8.67. The van der Waals surface area contributed by atoms with Gasteiger partial charge in [0, 0.05) is 17.6 Å². The van der Waals surface area contributed by atoms with Gasteiger partial charge in [-0.25, -0.2) is 4.68 Å². The fourth-order valence-corrected chi connectivity index (χ4v) is 4.16. The van der Waals surface area contributed by atoms with Gasteiger partial charge in [0.1, 0.15) is 5.75 Å². The second kappa shape index (κ2) is 6.31. The zero-order chi connectivity index (χ0) is 16.7. The first kappa shape index (κ1) is 15.8. The minimum absolute atomic E-state index is 0.150. The van der Waals surface area contributed by atoms with Gasteiger partial charge in [-0.3, -0.25) is 10.00 Å². The number of nitrogens with zero attached hydrogens (tertiary/aromatic N) is 3. The number of nitrogens with one attached hydrogen (secondary N) is 1. The number of benzene rings is 1. The van der Waals surface area contributed by atoms with Crippen molar-refractivity contribution >= 4 is 12.2 Å². The summed E-state index contributed by atoms with van der Waals surface area (Å²) in [6.07, 6.45) is 3.90. The van der Waals surface area contributed by atoms with Crippen LogP contribution >= 0.6 is 12.2 Å². The summed E-state index contributed by atoms with van der Waals surface area (Å²) in [7, 11) is 1.65. The van der Waals surface area contributed by atoms with E-state index in [2.05, 4.69) is 15.0 Å². The lowest BCUT2D eigenvalue weighted by molar-refractivity contribution is 0.0153. The van der Waals surface area contributed by atoms with Gasteiger partial charge in [0.15, 0.2) is 5.82 Å². The van der Waals surface area contributed by atoms with Crippen LogP contribution in [-0.4, -0.2) is 50.1 Å². The fraction of sp³-hybridized carbons (Fsp3) is 0.529. The van der Waals surface area contributed by atoms with E-state index in [0.29, 0.717) is 23.5 Å². The van der Waals surface area contributed by atoms with Crippen molar-refractivity contribution in [1.82, 2.24) is 19.7 Å². The van der Waals surface area contributed by atoms with E-state index < -0.39 is 0 Å². The molecule has 2 N–H and O–H groups in total. The molecule has 1 aromatic heterocycles. The van der Waals surface area contributed by atoms with E-state index in [-0.39, 0.29) is 6.10 Å². The highest BCUT2D eigenvalue weighted by atomic mass is 32.1. The van der Waals surface area contributed by atoms with Crippen LogP contribution in [0.1, 0.15) is 25.7 Å². The Balaban J connectivity index is 1.54. The van der Waals surface area contributed by atoms with Gasteiger partial charge >= 0.3 is 0 Å². The van der Waals surface area contributed by atoms with Gasteiger partial charge in [-0.15, -0.1) is 0 Å². The molecule has 2 fully saturated rings. The summed E-state index contributed by atoms with van der Waals surface area (Å²) in [4.78, 5) is 6.95. The summed E-state index contributed by atoms with van der Waals surface area (Å²) in [5.41, 5.74) is 0.984. The maximum Gasteiger partial charge on any atom is 0.217 e. The summed E-state index contributed by atoms with van der Waals surface area (Å²) in [5.74, 6) is 1.59. The lowest BCUT2D eigenvalue weighted by Crippen LogP contribution is -2.45. The van der Waals surface area contributed by atoms with Gasteiger partial charge < -0.3 is 9.84 Å². The van der Waals surface area contributed by atoms with Gasteiger partial charge in [-0.05, 0) is 62.2 Å². The molecule has 1 aromatic carbocycles. The number of hydrogen-bond acceptors (Lipinski definition) is 5. The monoisotopic (exact) mass is 346 g/mol. The Kier molecular flexibility index (Phi) is 4.15. The zero-order valence-electron chi connectivity index (χ0n) is 13.7. The molecular weight excluding hydrogens is 324 g/mol. The number of rotatable bonds is 4. The molecule has 0 saturated carbocycles. The van der Waals surface area contributed by atoms with E-state index in [9.17, 15) is 5.11 Å². The van der Waals surface area contributed by atoms with Crippen molar-refractivity contribution in [2.75, 3.05) is 7.11 Å². The van der Waals surface area contributed by atoms with E-state index in [1.807, 2.05) is 28.9 Å². The number of fused-ring (bicyclic) bond motifs is 2. The second-order valence-corrected chi connectivity index (χ2v) is 7.04. The van der Waals surface area contributed by atoms with Gasteiger partial charge in [0.2, 0.25) is 4.77 Å². The van der Waals surface area contributed by atoms with Crippen LogP contribution in [0.4, 0.5) is 0 Å². The first-order valence-corrected chi connectivity index (χ1v) is 8.80. The van der Waals surface area contributed by atoms with Crippen LogP contribution in [0.15, 0.2) is 24.3 Å². The number of H-pyrrole nitrogens is 1. The van der Waals surface area contributed by atoms with Crippen LogP contribution in [0.5, 0.6) is 5.75 Å². The first-order valence-electron chi connectivity index (χ1n) is 8.39. The fourth-order valence-electron chi connectivity index (χ4n) is 3.97. The maximum atomic E-state index is 9.94. The van der Waals surface area contributed by atoms with E-state index in [0.717, 1.165) is 42.8 Å². The molecule has 2 aliphatic heterocycles. The molecule has 2 bridgehead atoms. The topological polar surface area (TPSA) is 66.3 Å². The van der Waals surface area contributed by atoms with Crippen molar-refractivity contribution in [2.45, 2.75) is 50.5 Å². The second-order valence-electron chi connectivity index (χ2n) is 6.68. The standard InChI is InChI=1S/C17H22N4O2S/c1-23-15-6-2-11(3-7-15)16-18-17(24)21(19-16)10-20-12-4-5-13(20)9-14(22)8-12/h2-3,6-7,12-14,22H,4-5,8-10H2,1H3,(H,18,19,24). The molecule has 2 unspecified atom stereocenters. The lowest BCUT2D eigenvalue weighted by atomic mass is 10.0. The van der Waals surface area contributed by atoms with Gasteiger partial charge in [-0.2, -0.15) is 4.98 Å². The highest BCUT2D eigenvalue weighted by Crippen LogP contribution is 2.36. The molecule has 7 heteroatoms. The number of piperidine rings is 1. The molecule has 6 nitrogen and oxygen atoms in total. The predicted octanol–water partition coefficient (Wildman–Crippen LogP) is 2.56. The number of aromatic nitrogens is 3. The molecule has 3 heterocycles. The van der Waals surface area contributed by atoms with Gasteiger partial charge in [-0.1, -0.05) is 0 Å². The Labute approximate surface area is 146 Å². The normalized spacial score (nSPS) is 26.7. The SMILES string of the molecule is COc1ccc(-c2nc(=S)n(CN3C4CCC3CC(O)C4)[nH]2)cc1. The van der Waals surface area contributed by atoms with E-state index in [1.165, 1.54) is 0 Å². The Morgan fingerprint density at radius 3 is 2.54 bits per heavy atom. The van der Waals surface area contributed by atoms with Crippen molar-refractivity contribution in [3.8, 4) is 17.1 Å². The number of ether oxygens (including phenoxy) is 1. The first-order chi connectivity index (χ1) is 11.6. The Morgan fingerprint density at radius 2 is 1.92 bits per heavy atom. The average molecular weight is 346 g/mol. The molecule has 2 aliphatic rings. The largest absolute Gasteiger partial charge is 0.497 e. The number of hydrogen-bond donors (Lipinski definition) is 2. The molecule has 0 radical (unpaired) electrons. The summed E-state index contributed by atoms with van der Waals surface area (Å²) < 4.78 is 7.68. The van der Waals surface area contributed by atoms with Crippen LogP contribution in [0, 0.1) is 4.77 Å². The van der Waals surface area contributed by atoms with E-state index in [4.69, 9.17) is 17.0 Å². The average Bonchev–Trinajstić information content (AvgIpc) is 3.06. The van der Waals surface area contributed by atoms with Gasteiger partial charge in [0.25, 0.3) is 0 Å². The lowest BCUT2D eigenvalue weighted by Gasteiger charge is -2.36. The Morgan fingerprint density at radius 1 is 1.25 bits per heavy atom. The minimum Gasteiger partial charge on any atom is -0.497 e.